The number of fused-ring (bicyclic) bond motifs is 1. The molecular formula is C21H19ClN4. The van der Waals surface area contributed by atoms with Gasteiger partial charge in [0.05, 0.1) is 16.1 Å². The average molecular weight is 363 g/mol. The van der Waals surface area contributed by atoms with Gasteiger partial charge in [-0.3, -0.25) is 4.98 Å². The molecule has 4 aromatic rings. The fourth-order valence-corrected chi connectivity index (χ4v) is 3.20. The van der Waals surface area contributed by atoms with Gasteiger partial charge in [0, 0.05) is 29.2 Å². The molecule has 0 aliphatic carbocycles. The van der Waals surface area contributed by atoms with Crippen molar-refractivity contribution < 1.29 is 0 Å². The number of nitrogens with one attached hydrogen (secondary N) is 2. The van der Waals surface area contributed by atoms with E-state index in [-0.39, 0.29) is 0 Å². The van der Waals surface area contributed by atoms with Crippen LogP contribution in [0.5, 0.6) is 0 Å². The lowest BCUT2D eigenvalue weighted by Gasteiger charge is -2.11. The molecule has 5 heteroatoms. The second-order valence-electron chi connectivity index (χ2n) is 6.35. The molecule has 0 amide bonds. The number of anilines is 1. The third kappa shape index (κ3) is 3.28. The number of aryl methyl sites for hydroxylation is 2. The molecule has 0 radical (unpaired) electrons. The van der Waals surface area contributed by atoms with Crippen LogP contribution in [0, 0.1) is 13.8 Å². The van der Waals surface area contributed by atoms with Gasteiger partial charge in [-0.05, 0) is 55.8 Å². The van der Waals surface area contributed by atoms with Gasteiger partial charge in [0.25, 0.3) is 0 Å². The quantitative estimate of drug-likeness (QED) is 0.503. The highest BCUT2D eigenvalue weighted by atomic mass is 35.5. The number of hydrogen-bond acceptors (Lipinski definition) is 3. The van der Waals surface area contributed by atoms with Crippen molar-refractivity contribution in [1.29, 1.82) is 0 Å². The zero-order chi connectivity index (χ0) is 18.1. The van der Waals surface area contributed by atoms with Crippen LogP contribution in [0.15, 0.2) is 54.6 Å². The molecule has 0 aliphatic rings. The molecule has 0 aliphatic heterocycles. The highest BCUT2D eigenvalue weighted by molar-refractivity contribution is 6.33. The first-order chi connectivity index (χ1) is 12.6. The lowest BCUT2D eigenvalue weighted by molar-refractivity contribution is 1.03. The number of aromatic nitrogens is 3. The normalized spacial score (nSPS) is 11.0. The van der Waals surface area contributed by atoms with Crippen molar-refractivity contribution in [3.05, 3.63) is 76.6 Å². The monoisotopic (exact) mass is 362 g/mol. The van der Waals surface area contributed by atoms with Crippen molar-refractivity contribution in [3.8, 4) is 11.4 Å². The molecule has 0 bridgehead atoms. The predicted octanol–water partition coefficient (Wildman–Crippen LogP) is 5.51. The molecule has 0 saturated carbocycles. The Hall–Kier alpha value is -2.85. The molecule has 0 spiro atoms. The summed E-state index contributed by atoms with van der Waals surface area (Å²) in [4.78, 5) is 12.5. The summed E-state index contributed by atoms with van der Waals surface area (Å²) in [6.45, 7) is 4.75. The van der Waals surface area contributed by atoms with Gasteiger partial charge in [-0.15, -0.1) is 0 Å². The number of H-pyrrole nitrogens is 1. The van der Waals surface area contributed by atoms with E-state index in [9.17, 15) is 0 Å². The molecular weight excluding hydrogens is 344 g/mol. The number of imidazole rings is 1. The van der Waals surface area contributed by atoms with Crippen LogP contribution in [-0.4, -0.2) is 15.0 Å². The highest BCUT2D eigenvalue weighted by Gasteiger charge is 2.10. The highest BCUT2D eigenvalue weighted by Crippen LogP contribution is 2.30. The average Bonchev–Trinajstić information content (AvgIpc) is 3.06. The Morgan fingerprint density at radius 1 is 1.00 bits per heavy atom. The summed E-state index contributed by atoms with van der Waals surface area (Å²) < 4.78 is 0. The number of hydrogen-bond donors (Lipinski definition) is 2. The number of aromatic amines is 1. The van der Waals surface area contributed by atoms with E-state index in [1.807, 2.05) is 62.4 Å². The smallest absolute Gasteiger partial charge is 0.140 e. The molecule has 2 N–H and O–H groups in total. The van der Waals surface area contributed by atoms with Crippen LogP contribution >= 0.6 is 11.6 Å². The lowest BCUT2D eigenvalue weighted by atomic mass is 10.1. The third-order valence-corrected chi connectivity index (χ3v) is 4.76. The van der Waals surface area contributed by atoms with Crippen molar-refractivity contribution in [2.24, 2.45) is 0 Å². The zero-order valence-corrected chi connectivity index (χ0v) is 15.4. The minimum atomic E-state index is 0.669. The standard InChI is InChI=1S/C21H19ClN4/c1-13-7-8-15(14(2)24-13)12-23-16-9-10-18(22)17(11-16)21-25-19-5-3-4-6-20(19)26-21/h3-11,23H,12H2,1-2H3,(H,25,26). The summed E-state index contributed by atoms with van der Waals surface area (Å²) >= 11 is 6.42. The van der Waals surface area contributed by atoms with Gasteiger partial charge < -0.3 is 10.3 Å². The molecule has 0 unspecified atom stereocenters. The second kappa shape index (κ2) is 6.81. The maximum Gasteiger partial charge on any atom is 0.140 e. The largest absolute Gasteiger partial charge is 0.381 e. The first-order valence-corrected chi connectivity index (χ1v) is 8.89. The Morgan fingerprint density at radius 3 is 2.65 bits per heavy atom. The fourth-order valence-electron chi connectivity index (χ4n) is 3.00. The number of halogens is 1. The number of benzene rings is 2. The van der Waals surface area contributed by atoms with E-state index in [0.717, 1.165) is 39.5 Å². The van der Waals surface area contributed by atoms with Gasteiger partial charge in [0.2, 0.25) is 0 Å². The molecule has 0 atom stereocenters. The zero-order valence-electron chi connectivity index (χ0n) is 14.7. The Morgan fingerprint density at radius 2 is 1.85 bits per heavy atom. The van der Waals surface area contributed by atoms with E-state index >= 15 is 0 Å². The van der Waals surface area contributed by atoms with Crippen LogP contribution in [0.1, 0.15) is 17.0 Å². The van der Waals surface area contributed by atoms with E-state index in [4.69, 9.17) is 11.6 Å². The Bertz CT molecular complexity index is 1050. The van der Waals surface area contributed by atoms with E-state index in [0.29, 0.717) is 11.6 Å². The van der Waals surface area contributed by atoms with E-state index in [1.54, 1.807) is 0 Å². The van der Waals surface area contributed by atoms with E-state index in [2.05, 4.69) is 26.3 Å². The minimum Gasteiger partial charge on any atom is -0.381 e. The summed E-state index contributed by atoms with van der Waals surface area (Å²) in [5, 5.41) is 4.12. The van der Waals surface area contributed by atoms with Crippen LogP contribution < -0.4 is 5.32 Å². The molecule has 4 nitrogen and oxygen atoms in total. The fraction of sp³-hybridized carbons (Fsp3) is 0.143. The van der Waals surface area contributed by atoms with Gasteiger partial charge >= 0.3 is 0 Å². The van der Waals surface area contributed by atoms with Crippen LogP contribution in [0.25, 0.3) is 22.4 Å². The summed E-state index contributed by atoms with van der Waals surface area (Å²) in [6.07, 6.45) is 0. The van der Waals surface area contributed by atoms with Crippen molar-refractivity contribution in [2.45, 2.75) is 20.4 Å². The lowest BCUT2D eigenvalue weighted by Crippen LogP contribution is -2.03. The first-order valence-electron chi connectivity index (χ1n) is 8.52. The molecule has 4 rings (SSSR count). The van der Waals surface area contributed by atoms with Crippen LogP contribution in [0.4, 0.5) is 5.69 Å². The number of para-hydroxylation sites is 2. The molecule has 0 saturated heterocycles. The van der Waals surface area contributed by atoms with Crippen molar-refractivity contribution >= 4 is 28.3 Å². The molecule has 0 fully saturated rings. The molecule has 26 heavy (non-hydrogen) atoms. The summed E-state index contributed by atoms with van der Waals surface area (Å²) in [5.41, 5.74) is 7.05. The Kier molecular flexibility index (Phi) is 4.35. The summed E-state index contributed by atoms with van der Waals surface area (Å²) in [7, 11) is 0. The summed E-state index contributed by atoms with van der Waals surface area (Å²) in [6, 6.07) is 18.0. The molecule has 2 heterocycles. The Labute approximate surface area is 157 Å². The molecule has 2 aromatic heterocycles. The van der Waals surface area contributed by atoms with Gasteiger partial charge in [-0.2, -0.15) is 0 Å². The third-order valence-electron chi connectivity index (χ3n) is 4.43. The minimum absolute atomic E-state index is 0.669. The van der Waals surface area contributed by atoms with Gasteiger partial charge in [-0.1, -0.05) is 29.8 Å². The summed E-state index contributed by atoms with van der Waals surface area (Å²) in [5.74, 6) is 0.771. The second-order valence-corrected chi connectivity index (χ2v) is 6.76. The molecule has 2 aromatic carbocycles. The van der Waals surface area contributed by atoms with E-state index < -0.39 is 0 Å². The number of pyridine rings is 1. The van der Waals surface area contributed by atoms with Gasteiger partial charge in [0.15, 0.2) is 0 Å². The van der Waals surface area contributed by atoms with Gasteiger partial charge in [-0.25, -0.2) is 4.98 Å². The maximum absolute atomic E-state index is 6.42. The number of nitrogens with zero attached hydrogens (tertiary/aromatic N) is 2. The first kappa shape index (κ1) is 16.6. The van der Waals surface area contributed by atoms with Crippen molar-refractivity contribution in [2.75, 3.05) is 5.32 Å². The van der Waals surface area contributed by atoms with Crippen LogP contribution in [-0.2, 0) is 6.54 Å². The van der Waals surface area contributed by atoms with Crippen LogP contribution in [0.3, 0.4) is 0 Å². The number of rotatable bonds is 4. The van der Waals surface area contributed by atoms with Crippen molar-refractivity contribution in [1.82, 2.24) is 15.0 Å². The van der Waals surface area contributed by atoms with Gasteiger partial charge in [0.1, 0.15) is 5.82 Å². The van der Waals surface area contributed by atoms with E-state index in [1.165, 1.54) is 5.56 Å². The topological polar surface area (TPSA) is 53.6 Å². The Balaban J connectivity index is 1.61. The predicted molar refractivity (Wildman–Crippen MR) is 108 cm³/mol. The van der Waals surface area contributed by atoms with Crippen molar-refractivity contribution in [3.63, 3.8) is 0 Å². The maximum atomic E-state index is 6.42. The SMILES string of the molecule is Cc1ccc(CNc2ccc(Cl)c(-c3nc4ccccc4[nH]3)c2)c(C)n1. The van der Waals surface area contributed by atoms with Crippen LogP contribution in [0.2, 0.25) is 5.02 Å². The molecule has 130 valence electrons.